The Morgan fingerprint density at radius 3 is 2.23 bits per heavy atom. The fraction of sp³-hybridized carbons (Fsp3) is 0.250. The fourth-order valence-corrected chi connectivity index (χ4v) is 0.882. The maximum atomic E-state index is 12.8. The smallest absolute Gasteiger partial charge is 0.197 e. The van der Waals surface area contributed by atoms with Crippen LogP contribution in [0.2, 0.25) is 0 Å². The summed E-state index contributed by atoms with van der Waals surface area (Å²) in [6.07, 6.45) is 0. The average molecular weight is 194 g/mol. The molecule has 0 aromatic heterocycles. The van der Waals surface area contributed by atoms with Crippen molar-refractivity contribution in [2.75, 3.05) is 7.11 Å². The van der Waals surface area contributed by atoms with Crippen molar-refractivity contribution in [1.29, 1.82) is 0 Å². The van der Waals surface area contributed by atoms with Gasteiger partial charge in [-0.1, -0.05) is 0 Å². The van der Waals surface area contributed by atoms with E-state index in [9.17, 15) is 17.6 Å². The van der Waals surface area contributed by atoms with Crippen LogP contribution >= 0.6 is 0 Å². The zero-order chi connectivity index (χ0) is 10.0. The summed E-state index contributed by atoms with van der Waals surface area (Å²) in [5.41, 5.74) is -0.348. The van der Waals surface area contributed by atoms with Crippen LogP contribution in [0.4, 0.5) is 17.6 Å². The van der Waals surface area contributed by atoms with Gasteiger partial charge in [0, 0.05) is 12.7 Å². The fourth-order valence-electron chi connectivity index (χ4n) is 0.882. The standard InChI is InChI=1S/C8H6F4O/c1-13-3-4-2-5(9)7(11)8(12)6(4)10/h2H,3H2,1H3. The first-order valence-corrected chi connectivity index (χ1v) is 3.38. The molecule has 0 spiro atoms. The third-order valence-electron chi connectivity index (χ3n) is 1.48. The van der Waals surface area contributed by atoms with Crippen LogP contribution in [0.1, 0.15) is 5.56 Å². The second kappa shape index (κ2) is 3.74. The summed E-state index contributed by atoms with van der Waals surface area (Å²) in [5.74, 6) is -6.46. The van der Waals surface area contributed by atoms with Gasteiger partial charge in [-0.3, -0.25) is 0 Å². The lowest BCUT2D eigenvalue weighted by Crippen LogP contribution is -2.02. The Bertz CT molecular complexity index is 324. The molecular weight excluding hydrogens is 188 g/mol. The molecule has 0 bridgehead atoms. The zero-order valence-corrected chi connectivity index (χ0v) is 6.70. The highest BCUT2D eigenvalue weighted by Gasteiger charge is 2.18. The molecule has 1 nitrogen and oxygen atoms in total. The third kappa shape index (κ3) is 1.80. The van der Waals surface area contributed by atoms with Crippen molar-refractivity contribution < 1.29 is 22.3 Å². The van der Waals surface area contributed by atoms with E-state index in [4.69, 9.17) is 0 Å². The molecule has 1 aromatic carbocycles. The minimum atomic E-state index is -1.81. The summed E-state index contributed by atoms with van der Waals surface area (Å²) >= 11 is 0. The van der Waals surface area contributed by atoms with Gasteiger partial charge < -0.3 is 4.74 Å². The molecule has 0 aliphatic carbocycles. The summed E-state index contributed by atoms with van der Waals surface area (Å²) in [6, 6.07) is 0.567. The number of rotatable bonds is 2. The van der Waals surface area contributed by atoms with Crippen LogP contribution in [0.3, 0.4) is 0 Å². The molecule has 0 radical (unpaired) electrons. The number of hydrogen-bond donors (Lipinski definition) is 0. The van der Waals surface area contributed by atoms with Gasteiger partial charge in [0.05, 0.1) is 6.61 Å². The van der Waals surface area contributed by atoms with E-state index in [1.54, 1.807) is 0 Å². The Morgan fingerprint density at radius 1 is 1.08 bits per heavy atom. The summed E-state index contributed by atoms with van der Waals surface area (Å²) in [5, 5.41) is 0. The molecular formula is C8H6F4O. The molecule has 0 heterocycles. The van der Waals surface area contributed by atoms with Crippen molar-refractivity contribution in [2.24, 2.45) is 0 Å². The normalized spacial score (nSPS) is 10.5. The Morgan fingerprint density at radius 2 is 1.69 bits per heavy atom. The summed E-state index contributed by atoms with van der Waals surface area (Å²) < 4.78 is 54.6. The molecule has 0 saturated carbocycles. The number of halogens is 4. The molecule has 0 unspecified atom stereocenters. The molecule has 5 heteroatoms. The molecule has 0 aliphatic heterocycles. The average Bonchev–Trinajstić information content (AvgIpc) is 2.11. The van der Waals surface area contributed by atoms with Crippen LogP contribution in [-0.4, -0.2) is 7.11 Å². The maximum Gasteiger partial charge on any atom is 0.197 e. The van der Waals surface area contributed by atoms with Crippen LogP contribution in [-0.2, 0) is 11.3 Å². The van der Waals surface area contributed by atoms with Gasteiger partial charge in [0.15, 0.2) is 23.3 Å². The SMILES string of the molecule is COCc1cc(F)c(F)c(F)c1F. The first-order valence-electron chi connectivity index (χ1n) is 3.38. The van der Waals surface area contributed by atoms with Crippen molar-refractivity contribution in [3.8, 4) is 0 Å². The van der Waals surface area contributed by atoms with Gasteiger partial charge in [0.2, 0.25) is 0 Å². The lowest BCUT2D eigenvalue weighted by atomic mass is 10.2. The van der Waals surface area contributed by atoms with Crippen LogP contribution in [0, 0.1) is 23.3 Å². The van der Waals surface area contributed by atoms with Gasteiger partial charge >= 0.3 is 0 Å². The van der Waals surface area contributed by atoms with Crippen LogP contribution in [0.15, 0.2) is 6.07 Å². The Balaban J connectivity index is 3.24. The number of methoxy groups -OCH3 is 1. The minimum absolute atomic E-state index is 0.306. The third-order valence-corrected chi connectivity index (χ3v) is 1.48. The molecule has 0 fully saturated rings. The van der Waals surface area contributed by atoms with Crippen molar-refractivity contribution in [3.05, 3.63) is 34.9 Å². The highest BCUT2D eigenvalue weighted by molar-refractivity contribution is 5.21. The second-order valence-electron chi connectivity index (χ2n) is 2.39. The second-order valence-corrected chi connectivity index (χ2v) is 2.39. The molecule has 0 saturated heterocycles. The van der Waals surface area contributed by atoms with Gasteiger partial charge in [-0.2, -0.15) is 0 Å². The van der Waals surface area contributed by atoms with E-state index in [-0.39, 0.29) is 12.2 Å². The number of benzene rings is 1. The monoisotopic (exact) mass is 194 g/mol. The van der Waals surface area contributed by atoms with Crippen LogP contribution in [0.5, 0.6) is 0 Å². The maximum absolute atomic E-state index is 12.8. The van der Waals surface area contributed by atoms with Crippen molar-refractivity contribution in [2.45, 2.75) is 6.61 Å². The summed E-state index contributed by atoms with van der Waals surface area (Å²) in [7, 11) is 1.23. The predicted octanol–water partition coefficient (Wildman–Crippen LogP) is 2.39. The van der Waals surface area contributed by atoms with Gasteiger partial charge in [0.1, 0.15) is 0 Å². The van der Waals surface area contributed by atoms with Crippen molar-refractivity contribution in [3.63, 3.8) is 0 Å². The molecule has 0 atom stereocenters. The first-order chi connectivity index (χ1) is 6.07. The number of hydrogen-bond acceptors (Lipinski definition) is 1. The lowest BCUT2D eigenvalue weighted by Gasteiger charge is -2.03. The minimum Gasteiger partial charge on any atom is -0.380 e. The Hall–Kier alpha value is -1.10. The van der Waals surface area contributed by atoms with E-state index in [2.05, 4.69) is 4.74 Å². The predicted molar refractivity (Wildman–Crippen MR) is 37.0 cm³/mol. The van der Waals surface area contributed by atoms with Crippen LogP contribution in [0.25, 0.3) is 0 Å². The topological polar surface area (TPSA) is 9.23 Å². The number of ether oxygens (including phenoxy) is 1. The highest BCUT2D eigenvalue weighted by atomic mass is 19.2. The molecule has 0 aliphatic rings. The quantitative estimate of drug-likeness (QED) is 0.399. The Kier molecular flexibility index (Phi) is 2.87. The highest BCUT2D eigenvalue weighted by Crippen LogP contribution is 2.18. The van der Waals surface area contributed by atoms with E-state index in [1.165, 1.54) is 7.11 Å². The van der Waals surface area contributed by atoms with E-state index >= 15 is 0 Å². The Labute approximate surface area is 71.9 Å². The molecule has 13 heavy (non-hydrogen) atoms. The van der Waals surface area contributed by atoms with Crippen molar-refractivity contribution >= 4 is 0 Å². The van der Waals surface area contributed by atoms with E-state index in [1.807, 2.05) is 0 Å². The van der Waals surface area contributed by atoms with Gasteiger partial charge in [-0.05, 0) is 6.07 Å². The molecule has 0 N–H and O–H groups in total. The van der Waals surface area contributed by atoms with E-state index < -0.39 is 23.3 Å². The van der Waals surface area contributed by atoms with Gasteiger partial charge in [-0.15, -0.1) is 0 Å². The van der Waals surface area contributed by atoms with Gasteiger partial charge in [-0.25, -0.2) is 17.6 Å². The summed E-state index contributed by atoms with van der Waals surface area (Å²) in [4.78, 5) is 0. The van der Waals surface area contributed by atoms with E-state index in [0.717, 1.165) is 0 Å². The van der Waals surface area contributed by atoms with Crippen molar-refractivity contribution in [1.82, 2.24) is 0 Å². The van der Waals surface area contributed by atoms with Crippen LogP contribution < -0.4 is 0 Å². The molecule has 1 rings (SSSR count). The molecule has 72 valence electrons. The molecule has 0 amide bonds. The summed E-state index contributed by atoms with van der Waals surface area (Å²) in [6.45, 7) is -0.306. The largest absolute Gasteiger partial charge is 0.380 e. The lowest BCUT2D eigenvalue weighted by molar-refractivity contribution is 0.179. The first kappa shape index (κ1) is 9.98. The van der Waals surface area contributed by atoms with Gasteiger partial charge in [0.25, 0.3) is 0 Å². The van der Waals surface area contributed by atoms with E-state index in [0.29, 0.717) is 6.07 Å². The molecule has 1 aromatic rings. The zero-order valence-electron chi connectivity index (χ0n) is 6.70.